The van der Waals surface area contributed by atoms with Crippen LogP contribution in [0.3, 0.4) is 0 Å². The molecule has 0 aromatic heterocycles. The number of halogens is 4. The summed E-state index contributed by atoms with van der Waals surface area (Å²) in [5.41, 5.74) is 0. The second-order valence-corrected chi connectivity index (χ2v) is 5.35. The Balaban J connectivity index is 0. The Morgan fingerprint density at radius 2 is 1.42 bits per heavy atom. The predicted molar refractivity (Wildman–Crippen MR) is 44.7 cm³/mol. The molecule has 1 N–H and O–H groups in total. The smallest absolute Gasteiger partial charge is 0.273 e. The number of hydrogen-bond donors (Lipinski definition) is 1. The molecule has 0 unspecified atom stereocenters. The van der Waals surface area contributed by atoms with E-state index in [2.05, 4.69) is 10.7 Å². The predicted octanol–water partition coefficient (Wildman–Crippen LogP) is 1.62. The quantitative estimate of drug-likeness (QED) is 0.182. The van der Waals surface area contributed by atoms with Crippen molar-refractivity contribution in [3.8, 4) is 0 Å². The Morgan fingerprint density at radius 1 is 1.33 bits per heavy atom. The second-order valence-electron chi connectivity index (χ2n) is 1.14. The van der Waals surface area contributed by atoms with Crippen molar-refractivity contribution in [3.63, 3.8) is 0 Å². The Bertz CT molecular complexity index is 233. The molecule has 0 spiro atoms. The fraction of sp³-hybridized carbons (Fsp3) is 1.00. The third-order valence-electron chi connectivity index (χ3n) is 0.207. The lowest BCUT2D eigenvalue weighted by molar-refractivity contribution is -0.491. The summed E-state index contributed by atoms with van der Waals surface area (Å²) in [5, 5.41) is 9.43. The third kappa shape index (κ3) is 22.4. The van der Waals surface area contributed by atoms with Crippen molar-refractivity contribution in [3.05, 3.63) is 10.1 Å². The Hall–Kier alpha value is 0.470. The van der Waals surface area contributed by atoms with Crippen LogP contribution in [0.5, 0.6) is 0 Å². The lowest BCUT2D eigenvalue weighted by Crippen LogP contribution is -2.15. The molecule has 0 saturated heterocycles. The van der Waals surface area contributed by atoms with Gasteiger partial charge in [0, 0.05) is 10.7 Å². The van der Waals surface area contributed by atoms with E-state index in [0.717, 1.165) is 0 Å². The zero-order valence-corrected chi connectivity index (χ0v) is 8.79. The summed E-state index contributed by atoms with van der Waals surface area (Å²) in [6.45, 7) is 0. The number of nitro groups is 1. The molecule has 11 heteroatoms. The molecule has 0 saturated carbocycles. The van der Waals surface area contributed by atoms with Gasteiger partial charge in [-0.15, -0.1) is 0 Å². The van der Waals surface area contributed by atoms with Crippen LogP contribution < -0.4 is 0 Å². The van der Waals surface area contributed by atoms with E-state index in [1.54, 1.807) is 0 Å². The van der Waals surface area contributed by atoms with Crippen LogP contribution in [-0.2, 0) is 9.33 Å². The van der Waals surface area contributed by atoms with E-state index >= 15 is 0 Å². The fourth-order valence-corrected chi connectivity index (χ4v) is 0. The molecule has 0 aliphatic carbocycles. The molecule has 0 fully saturated rings. The normalized spacial score (nSPS) is 11.4. The van der Waals surface area contributed by atoms with Crippen LogP contribution in [0.2, 0.25) is 0 Å². The van der Waals surface area contributed by atoms with E-state index in [9.17, 15) is 10.1 Å². The lowest BCUT2D eigenvalue weighted by Gasteiger charge is -1.96. The SMILES string of the molecule is O=S(=O)(O)Cl.O=[N+]([O-])C(Cl)(Cl)Cl. The van der Waals surface area contributed by atoms with Gasteiger partial charge < -0.3 is 0 Å². The van der Waals surface area contributed by atoms with Gasteiger partial charge in [-0.1, -0.05) is 0 Å². The van der Waals surface area contributed by atoms with Crippen molar-refractivity contribution in [2.24, 2.45) is 0 Å². The van der Waals surface area contributed by atoms with Gasteiger partial charge in [0.15, 0.2) is 0 Å². The van der Waals surface area contributed by atoms with Crippen LogP contribution in [-0.4, -0.2) is 21.8 Å². The van der Waals surface area contributed by atoms with Crippen LogP contribution in [0.15, 0.2) is 0 Å². The maximum absolute atomic E-state index is 9.43. The van der Waals surface area contributed by atoms with E-state index < -0.39 is 18.2 Å². The molecule has 0 aliphatic heterocycles. The van der Waals surface area contributed by atoms with Crippen LogP contribution in [0.1, 0.15) is 0 Å². The standard InChI is InChI=1S/CCl3NO2.ClHO3S/c2-1(3,4)5(6)7;1-5(2,3)4/h;(H,2,3,4). The minimum Gasteiger partial charge on any atom is -0.273 e. The van der Waals surface area contributed by atoms with Crippen molar-refractivity contribution in [2.75, 3.05) is 0 Å². The molecule has 0 aliphatic rings. The zero-order chi connectivity index (χ0) is 10.6. The van der Waals surface area contributed by atoms with Gasteiger partial charge in [0.1, 0.15) is 0 Å². The van der Waals surface area contributed by atoms with E-state index in [0.29, 0.717) is 0 Å². The number of nitrogens with zero attached hydrogens (tertiary/aromatic N) is 1. The topological polar surface area (TPSA) is 97.5 Å². The molecule has 74 valence electrons. The summed E-state index contributed by atoms with van der Waals surface area (Å²) < 4.78 is 22.8. The van der Waals surface area contributed by atoms with E-state index in [4.69, 9.17) is 47.8 Å². The maximum atomic E-state index is 9.43. The van der Waals surface area contributed by atoms with Crippen molar-refractivity contribution in [1.29, 1.82) is 0 Å². The maximum Gasteiger partial charge on any atom is 0.449 e. The first-order chi connectivity index (χ1) is 4.94. The number of alkyl halides is 3. The van der Waals surface area contributed by atoms with Crippen LogP contribution in [0, 0.1) is 10.1 Å². The van der Waals surface area contributed by atoms with Crippen molar-refractivity contribution in [1.82, 2.24) is 0 Å². The molecule has 0 atom stereocenters. The average molecular weight is 281 g/mol. The minimum absolute atomic E-state index is 1.02. The van der Waals surface area contributed by atoms with Gasteiger partial charge in [-0.2, -0.15) is 8.42 Å². The van der Waals surface area contributed by atoms with E-state index in [-0.39, 0.29) is 0 Å². The first kappa shape index (κ1) is 15.0. The van der Waals surface area contributed by atoms with E-state index in [1.165, 1.54) is 0 Å². The molecule has 0 aromatic carbocycles. The Morgan fingerprint density at radius 3 is 1.42 bits per heavy atom. The van der Waals surface area contributed by atoms with Gasteiger partial charge in [0.05, 0.1) is 4.92 Å². The monoisotopic (exact) mass is 279 g/mol. The van der Waals surface area contributed by atoms with Crippen molar-refractivity contribution < 1.29 is 17.9 Å². The summed E-state index contributed by atoms with van der Waals surface area (Å²) in [7, 11) is -0.137. The molecule has 0 amide bonds. The highest BCUT2D eigenvalue weighted by molar-refractivity contribution is 8.09. The minimum atomic E-state index is -4.19. The largest absolute Gasteiger partial charge is 0.449 e. The first-order valence-corrected chi connectivity index (χ1v) is 5.23. The summed E-state index contributed by atoms with van der Waals surface area (Å²) >= 11 is 14.1. The highest BCUT2D eigenvalue weighted by atomic mass is 35.7. The molecular weight excluding hydrogens is 280 g/mol. The van der Waals surface area contributed by atoms with Gasteiger partial charge in [0.2, 0.25) is 0 Å². The molecular formula is CHCl4NO5S. The Labute approximate surface area is 86.7 Å². The van der Waals surface area contributed by atoms with Crippen LogP contribution in [0.4, 0.5) is 0 Å². The summed E-state index contributed by atoms with van der Waals surface area (Å²) in [4.78, 5) is 8.41. The average Bonchev–Trinajstić information content (AvgIpc) is 1.55. The van der Waals surface area contributed by atoms with Crippen LogP contribution >= 0.6 is 45.5 Å². The Kier molecular flexibility index (Phi) is 6.55. The van der Waals surface area contributed by atoms with Gasteiger partial charge in [-0.25, -0.2) is 0 Å². The first-order valence-electron chi connectivity index (χ1n) is 1.83. The van der Waals surface area contributed by atoms with Crippen molar-refractivity contribution >= 4 is 54.8 Å². The second kappa shape index (κ2) is 5.25. The summed E-state index contributed by atoms with van der Waals surface area (Å²) in [6, 6.07) is 0. The summed E-state index contributed by atoms with van der Waals surface area (Å²) in [6.07, 6.45) is 0. The number of hydrogen-bond acceptors (Lipinski definition) is 4. The summed E-state index contributed by atoms with van der Waals surface area (Å²) in [5.74, 6) is 0. The van der Waals surface area contributed by atoms with E-state index in [1.807, 2.05) is 0 Å². The molecule has 0 rings (SSSR count). The molecule has 0 bridgehead atoms. The molecule has 0 heterocycles. The molecule has 12 heavy (non-hydrogen) atoms. The number of rotatable bonds is 0. The van der Waals surface area contributed by atoms with Crippen molar-refractivity contribution in [2.45, 2.75) is 3.92 Å². The fourth-order valence-electron chi connectivity index (χ4n) is 0. The molecule has 0 aromatic rings. The molecule has 6 nitrogen and oxygen atoms in total. The third-order valence-corrected chi connectivity index (χ3v) is 0.621. The highest BCUT2D eigenvalue weighted by Gasteiger charge is 2.33. The lowest BCUT2D eigenvalue weighted by atomic mass is 11.4. The zero-order valence-electron chi connectivity index (χ0n) is 4.95. The van der Waals surface area contributed by atoms with Gasteiger partial charge in [0.25, 0.3) is 0 Å². The van der Waals surface area contributed by atoms with Gasteiger partial charge >= 0.3 is 13.2 Å². The highest BCUT2D eigenvalue weighted by Crippen LogP contribution is 2.25. The van der Waals surface area contributed by atoms with Gasteiger partial charge in [-0.05, 0) is 34.8 Å². The van der Waals surface area contributed by atoms with Crippen LogP contribution in [0.25, 0.3) is 0 Å². The van der Waals surface area contributed by atoms with Gasteiger partial charge in [-0.3, -0.25) is 14.7 Å². The molecule has 0 radical (unpaired) electrons.